The van der Waals surface area contributed by atoms with Gasteiger partial charge in [-0.1, -0.05) is 11.6 Å². The van der Waals surface area contributed by atoms with Crippen molar-refractivity contribution in [2.75, 3.05) is 11.1 Å². The number of hydrogen-bond acceptors (Lipinski definition) is 3. The molecule has 1 aromatic carbocycles. The molecule has 0 atom stereocenters. The van der Waals surface area contributed by atoms with Gasteiger partial charge in [-0.25, -0.2) is 4.39 Å². The van der Waals surface area contributed by atoms with Crippen molar-refractivity contribution in [1.82, 2.24) is 4.98 Å². The molecule has 19 heavy (non-hydrogen) atoms. The average Bonchev–Trinajstić information content (AvgIpc) is 2.37. The molecule has 0 fully saturated rings. The summed E-state index contributed by atoms with van der Waals surface area (Å²) in [6, 6.07) is 7.08. The number of pyridine rings is 1. The Morgan fingerprint density at radius 3 is 2.84 bits per heavy atom. The Labute approximate surface area is 114 Å². The molecule has 0 saturated carbocycles. The summed E-state index contributed by atoms with van der Waals surface area (Å²) in [6.45, 7) is 0. The number of halogens is 2. The van der Waals surface area contributed by atoms with Gasteiger partial charge in [-0.2, -0.15) is 0 Å². The largest absolute Gasteiger partial charge is 0.397 e. The molecule has 3 N–H and O–H groups in total. The van der Waals surface area contributed by atoms with E-state index in [1.54, 1.807) is 12.1 Å². The van der Waals surface area contributed by atoms with Gasteiger partial charge in [0, 0.05) is 5.69 Å². The summed E-state index contributed by atoms with van der Waals surface area (Å²) in [5.41, 5.74) is 6.83. The van der Waals surface area contributed by atoms with Crippen LogP contribution in [0.2, 0.25) is 5.02 Å². The zero-order valence-corrected chi connectivity index (χ0v) is 10.6. The molecule has 98 valence electrons. The van der Waals surface area contributed by atoms with Crippen molar-refractivity contribution in [2.45, 2.75) is 6.42 Å². The molecule has 6 heteroatoms. The number of anilines is 2. The van der Waals surface area contributed by atoms with E-state index in [0.717, 1.165) is 6.07 Å². The number of rotatable bonds is 3. The fourth-order valence-corrected chi connectivity index (χ4v) is 1.66. The lowest BCUT2D eigenvalue weighted by molar-refractivity contribution is -0.115. The Morgan fingerprint density at radius 1 is 1.37 bits per heavy atom. The van der Waals surface area contributed by atoms with Gasteiger partial charge in [0.05, 0.1) is 29.0 Å². The highest BCUT2D eigenvalue weighted by atomic mass is 35.5. The number of nitrogens with one attached hydrogen (secondary N) is 1. The minimum atomic E-state index is -0.467. The minimum Gasteiger partial charge on any atom is -0.397 e. The summed E-state index contributed by atoms with van der Waals surface area (Å²) in [5, 5.41) is 2.81. The smallest absolute Gasteiger partial charge is 0.230 e. The third-order valence-electron chi connectivity index (χ3n) is 2.39. The third kappa shape index (κ3) is 3.66. The number of hydrogen-bond donors (Lipinski definition) is 2. The molecule has 0 spiro atoms. The first-order valence-corrected chi connectivity index (χ1v) is 5.88. The van der Waals surface area contributed by atoms with E-state index in [-0.39, 0.29) is 23.0 Å². The Hall–Kier alpha value is -2.14. The molecule has 0 aliphatic rings. The predicted octanol–water partition coefficient (Wildman–Crippen LogP) is 2.64. The Bertz CT molecular complexity index is 601. The molecule has 0 unspecified atom stereocenters. The van der Waals surface area contributed by atoms with Gasteiger partial charge in [-0.05, 0) is 30.3 Å². The highest BCUT2D eigenvalue weighted by Gasteiger charge is 2.08. The van der Waals surface area contributed by atoms with Crippen molar-refractivity contribution in [3.8, 4) is 0 Å². The van der Waals surface area contributed by atoms with Crippen LogP contribution < -0.4 is 11.1 Å². The number of aromatic nitrogens is 1. The van der Waals surface area contributed by atoms with Gasteiger partial charge in [0.25, 0.3) is 0 Å². The van der Waals surface area contributed by atoms with Gasteiger partial charge < -0.3 is 11.1 Å². The molecule has 0 aliphatic heterocycles. The van der Waals surface area contributed by atoms with Crippen LogP contribution >= 0.6 is 11.6 Å². The number of nitrogen functional groups attached to an aromatic ring is 1. The highest BCUT2D eigenvalue weighted by Crippen LogP contribution is 2.22. The first-order valence-electron chi connectivity index (χ1n) is 5.50. The molecular weight excluding hydrogens is 269 g/mol. The summed E-state index contributed by atoms with van der Waals surface area (Å²) >= 11 is 5.85. The van der Waals surface area contributed by atoms with Crippen molar-refractivity contribution in [3.05, 3.63) is 53.1 Å². The maximum atomic E-state index is 13.0. The monoisotopic (exact) mass is 279 g/mol. The molecule has 1 aromatic heterocycles. The predicted molar refractivity (Wildman–Crippen MR) is 72.4 cm³/mol. The van der Waals surface area contributed by atoms with Crippen LogP contribution in [-0.4, -0.2) is 10.9 Å². The topological polar surface area (TPSA) is 68.0 Å². The van der Waals surface area contributed by atoms with Crippen LogP contribution in [0.1, 0.15) is 5.69 Å². The van der Waals surface area contributed by atoms with Crippen LogP contribution in [0.5, 0.6) is 0 Å². The van der Waals surface area contributed by atoms with Crippen molar-refractivity contribution < 1.29 is 9.18 Å². The van der Waals surface area contributed by atoms with Gasteiger partial charge in [0.15, 0.2) is 0 Å². The molecule has 2 aromatic rings. The molecule has 0 aliphatic carbocycles. The van der Waals surface area contributed by atoms with Gasteiger partial charge in [-0.3, -0.25) is 9.78 Å². The van der Waals surface area contributed by atoms with E-state index >= 15 is 0 Å². The summed E-state index contributed by atoms with van der Waals surface area (Å²) in [4.78, 5) is 15.8. The number of carbonyl (C=O) groups excluding carboxylic acids is 1. The maximum absolute atomic E-state index is 13.0. The lowest BCUT2D eigenvalue weighted by Crippen LogP contribution is -2.15. The highest BCUT2D eigenvalue weighted by molar-refractivity contribution is 6.33. The first-order chi connectivity index (χ1) is 9.04. The van der Waals surface area contributed by atoms with Crippen LogP contribution in [0.15, 0.2) is 36.5 Å². The van der Waals surface area contributed by atoms with Crippen LogP contribution in [0.4, 0.5) is 15.8 Å². The fourth-order valence-electron chi connectivity index (χ4n) is 1.49. The van der Waals surface area contributed by atoms with Gasteiger partial charge >= 0.3 is 0 Å². The standard InChI is InChI=1S/C13H11ClFN3O/c14-11-4-1-8(15)5-12(11)18-13(19)6-10-3-2-9(16)7-17-10/h1-5,7H,6,16H2,(H,18,19). The summed E-state index contributed by atoms with van der Waals surface area (Å²) < 4.78 is 13.0. The van der Waals surface area contributed by atoms with Crippen molar-refractivity contribution in [3.63, 3.8) is 0 Å². The molecule has 0 bridgehead atoms. The van der Waals surface area contributed by atoms with Crippen molar-refractivity contribution >= 4 is 28.9 Å². The Balaban J connectivity index is 2.05. The number of carbonyl (C=O) groups is 1. The maximum Gasteiger partial charge on any atom is 0.230 e. The number of benzene rings is 1. The number of nitrogens with zero attached hydrogens (tertiary/aromatic N) is 1. The zero-order valence-electron chi connectivity index (χ0n) is 9.86. The molecule has 2 rings (SSSR count). The molecule has 4 nitrogen and oxygen atoms in total. The normalized spacial score (nSPS) is 10.2. The fraction of sp³-hybridized carbons (Fsp3) is 0.0769. The minimum absolute atomic E-state index is 0.0626. The number of amides is 1. The van der Waals surface area contributed by atoms with Crippen LogP contribution in [0.3, 0.4) is 0 Å². The van der Waals surface area contributed by atoms with Crippen LogP contribution in [0, 0.1) is 5.82 Å². The van der Waals surface area contributed by atoms with Gasteiger partial charge in [0.2, 0.25) is 5.91 Å². The second-order valence-electron chi connectivity index (χ2n) is 3.93. The van der Waals surface area contributed by atoms with E-state index in [0.29, 0.717) is 11.4 Å². The second-order valence-corrected chi connectivity index (χ2v) is 4.34. The molecule has 0 radical (unpaired) electrons. The van der Waals surface area contributed by atoms with Gasteiger partial charge in [-0.15, -0.1) is 0 Å². The van der Waals surface area contributed by atoms with Crippen molar-refractivity contribution in [1.29, 1.82) is 0 Å². The van der Waals surface area contributed by atoms with E-state index < -0.39 is 5.82 Å². The Kier molecular flexibility index (Phi) is 3.97. The van der Waals surface area contributed by atoms with Gasteiger partial charge in [0.1, 0.15) is 5.82 Å². The number of nitrogens with two attached hydrogens (primary N) is 1. The van der Waals surface area contributed by atoms with Crippen LogP contribution in [-0.2, 0) is 11.2 Å². The quantitative estimate of drug-likeness (QED) is 0.907. The zero-order chi connectivity index (χ0) is 13.8. The SMILES string of the molecule is Nc1ccc(CC(=O)Nc2cc(F)ccc2Cl)nc1. The van der Waals surface area contributed by atoms with Crippen LogP contribution in [0.25, 0.3) is 0 Å². The lowest BCUT2D eigenvalue weighted by Gasteiger charge is -2.07. The third-order valence-corrected chi connectivity index (χ3v) is 2.72. The summed E-state index contributed by atoms with van der Waals surface area (Å²) in [7, 11) is 0. The average molecular weight is 280 g/mol. The van der Waals surface area contributed by atoms with Crippen molar-refractivity contribution in [2.24, 2.45) is 0 Å². The molecule has 1 amide bonds. The van der Waals surface area contributed by atoms with E-state index in [4.69, 9.17) is 17.3 Å². The van der Waals surface area contributed by atoms with E-state index in [1.807, 2.05) is 0 Å². The lowest BCUT2D eigenvalue weighted by atomic mass is 10.2. The van der Waals surface area contributed by atoms with E-state index in [2.05, 4.69) is 10.3 Å². The Morgan fingerprint density at radius 2 is 2.16 bits per heavy atom. The molecule has 0 saturated heterocycles. The summed E-state index contributed by atoms with van der Waals surface area (Å²) in [6.07, 6.45) is 1.53. The molecular formula is C13H11ClFN3O. The second kappa shape index (κ2) is 5.67. The summed E-state index contributed by atoms with van der Waals surface area (Å²) in [5.74, 6) is -0.796. The molecule has 1 heterocycles. The van der Waals surface area contributed by atoms with E-state index in [1.165, 1.54) is 18.3 Å². The van der Waals surface area contributed by atoms with E-state index in [9.17, 15) is 9.18 Å². The first kappa shape index (κ1) is 13.3.